The van der Waals surface area contributed by atoms with Crippen LogP contribution in [0.1, 0.15) is 17.3 Å². The molecule has 0 saturated heterocycles. The van der Waals surface area contributed by atoms with Crippen LogP contribution >= 0.6 is 0 Å². The fraction of sp³-hybridized carbons (Fsp3) is 0.100. The van der Waals surface area contributed by atoms with E-state index >= 15 is 0 Å². The van der Waals surface area contributed by atoms with Gasteiger partial charge in [-0.2, -0.15) is 0 Å². The molecule has 1 aromatic heterocycles. The van der Waals surface area contributed by atoms with E-state index < -0.39 is 22.3 Å². The van der Waals surface area contributed by atoms with Crippen LogP contribution in [0.25, 0.3) is 32.5 Å². The predicted octanol–water partition coefficient (Wildman–Crippen LogP) is 3.89. The molecule has 0 spiro atoms. The first-order chi connectivity index (χ1) is 13.4. The van der Waals surface area contributed by atoms with Crippen molar-refractivity contribution in [3.8, 4) is 5.75 Å². The normalized spacial score (nSPS) is 11.2. The number of non-ortho nitro benzene ring substituents is 1. The Labute approximate surface area is 156 Å². The van der Waals surface area contributed by atoms with Crippen molar-refractivity contribution in [2.75, 3.05) is 6.61 Å². The molecule has 4 rings (SSSR count). The van der Waals surface area contributed by atoms with Crippen molar-refractivity contribution in [3.63, 3.8) is 0 Å². The molecule has 0 atom stereocenters. The van der Waals surface area contributed by atoms with Gasteiger partial charge in [-0.25, -0.2) is 9.59 Å². The SMILES string of the molecule is CCOC(=O)c1c(O)c2cc([N+](=O)[O-])ccc2c2oc(=O)c3ccccc3c12. The van der Waals surface area contributed by atoms with Crippen molar-refractivity contribution < 1.29 is 24.0 Å². The number of rotatable bonds is 3. The third-order valence-electron chi connectivity index (χ3n) is 4.52. The van der Waals surface area contributed by atoms with Gasteiger partial charge in [0.2, 0.25) is 0 Å². The molecule has 0 radical (unpaired) electrons. The van der Waals surface area contributed by atoms with E-state index in [0.29, 0.717) is 5.39 Å². The predicted molar refractivity (Wildman–Crippen MR) is 102 cm³/mol. The lowest BCUT2D eigenvalue weighted by molar-refractivity contribution is -0.384. The number of nitro groups is 1. The fourth-order valence-corrected chi connectivity index (χ4v) is 3.33. The number of ether oxygens (including phenoxy) is 1. The van der Waals surface area contributed by atoms with Crippen LogP contribution in [-0.4, -0.2) is 22.6 Å². The van der Waals surface area contributed by atoms with E-state index in [9.17, 15) is 24.8 Å². The van der Waals surface area contributed by atoms with E-state index in [1.165, 1.54) is 12.1 Å². The number of phenolic OH excluding ortho intramolecular Hbond substituents is 1. The average molecular weight is 379 g/mol. The molecular formula is C20H13NO7. The Morgan fingerprint density at radius 2 is 1.86 bits per heavy atom. The van der Waals surface area contributed by atoms with Crippen LogP contribution in [0.5, 0.6) is 5.75 Å². The van der Waals surface area contributed by atoms with Gasteiger partial charge in [-0.3, -0.25) is 10.1 Å². The van der Waals surface area contributed by atoms with Gasteiger partial charge in [0, 0.05) is 33.7 Å². The van der Waals surface area contributed by atoms with E-state index in [-0.39, 0.29) is 45.0 Å². The zero-order valence-electron chi connectivity index (χ0n) is 14.6. The molecular weight excluding hydrogens is 366 g/mol. The maximum absolute atomic E-state index is 12.6. The number of phenols is 1. The van der Waals surface area contributed by atoms with Crippen LogP contribution in [-0.2, 0) is 4.74 Å². The van der Waals surface area contributed by atoms with Crippen molar-refractivity contribution in [2.24, 2.45) is 0 Å². The lowest BCUT2D eigenvalue weighted by Crippen LogP contribution is -2.09. The van der Waals surface area contributed by atoms with Gasteiger partial charge in [0.15, 0.2) is 0 Å². The molecule has 1 heterocycles. The zero-order valence-corrected chi connectivity index (χ0v) is 14.6. The highest BCUT2D eigenvalue weighted by Crippen LogP contribution is 2.41. The number of hydrogen-bond acceptors (Lipinski definition) is 7. The topological polar surface area (TPSA) is 120 Å². The molecule has 4 aromatic rings. The highest BCUT2D eigenvalue weighted by molar-refractivity contribution is 6.24. The van der Waals surface area contributed by atoms with E-state index in [2.05, 4.69) is 0 Å². The maximum Gasteiger partial charge on any atom is 0.344 e. The number of benzene rings is 3. The van der Waals surface area contributed by atoms with Crippen LogP contribution in [0.4, 0.5) is 5.69 Å². The highest BCUT2D eigenvalue weighted by atomic mass is 16.6. The lowest BCUT2D eigenvalue weighted by Gasteiger charge is -2.13. The molecule has 0 saturated carbocycles. The highest BCUT2D eigenvalue weighted by Gasteiger charge is 2.26. The second kappa shape index (κ2) is 6.34. The van der Waals surface area contributed by atoms with Crippen molar-refractivity contribution in [3.05, 3.63) is 68.6 Å². The molecule has 0 aliphatic heterocycles. The third-order valence-corrected chi connectivity index (χ3v) is 4.52. The Morgan fingerprint density at radius 1 is 1.14 bits per heavy atom. The Morgan fingerprint density at radius 3 is 2.54 bits per heavy atom. The molecule has 0 unspecified atom stereocenters. The van der Waals surface area contributed by atoms with Crippen molar-refractivity contribution >= 4 is 44.2 Å². The van der Waals surface area contributed by atoms with Gasteiger partial charge in [0.05, 0.1) is 16.9 Å². The van der Waals surface area contributed by atoms with Gasteiger partial charge in [0.25, 0.3) is 5.69 Å². The monoisotopic (exact) mass is 379 g/mol. The number of esters is 1. The molecule has 3 aromatic carbocycles. The maximum atomic E-state index is 12.6. The Kier molecular flexibility index (Phi) is 3.96. The number of hydrogen-bond donors (Lipinski definition) is 1. The summed E-state index contributed by atoms with van der Waals surface area (Å²) >= 11 is 0. The minimum absolute atomic E-state index is 0.0168. The first-order valence-corrected chi connectivity index (χ1v) is 8.39. The van der Waals surface area contributed by atoms with Gasteiger partial charge in [-0.05, 0) is 19.1 Å². The third kappa shape index (κ3) is 2.46. The number of fused-ring (bicyclic) bond motifs is 5. The molecule has 28 heavy (non-hydrogen) atoms. The number of nitrogens with zero attached hydrogens (tertiary/aromatic N) is 1. The van der Waals surface area contributed by atoms with Crippen molar-refractivity contribution in [1.29, 1.82) is 0 Å². The van der Waals surface area contributed by atoms with Crippen molar-refractivity contribution in [2.45, 2.75) is 6.92 Å². The molecule has 0 aliphatic rings. The minimum Gasteiger partial charge on any atom is -0.506 e. The summed E-state index contributed by atoms with van der Waals surface area (Å²) in [6.07, 6.45) is 0. The number of nitro benzene ring substituents is 1. The van der Waals surface area contributed by atoms with E-state index in [4.69, 9.17) is 9.15 Å². The summed E-state index contributed by atoms with van der Waals surface area (Å²) < 4.78 is 10.5. The molecule has 0 amide bonds. The summed E-state index contributed by atoms with van der Waals surface area (Å²) in [6.45, 7) is 1.67. The smallest absolute Gasteiger partial charge is 0.344 e. The van der Waals surface area contributed by atoms with Crippen LogP contribution < -0.4 is 5.63 Å². The van der Waals surface area contributed by atoms with E-state index in [1.807, 2.05) is 0 Å². The van der Waals surface area contributed by atoms with Crippen molar-refractivity contribution in [1.82, 2.24) is 0 Å². The number of carbonyl (C=O) groups is 1. The summed E-state index contributed by atoms with van der Waals surface area (Å²) in [4.78, 5) is 35.6. The standard InChI is InChI=1S/C20H13NO7/c1-2-27-20(24)16-15-11-5-3-4-6-13(11)19(23)28-18(15)12-8-7-10(21(25)26)9-14(12)17(16)22/h3-9,22H,2H2,1H3. The van der Waals surface area contributed by atoms with Crippen LogP contribution in [0.3, 0.4) is 0 Å². The average Bonchev–Trinajstić information content (AvgIpc) is 2.69. The summed E-state index contributed by atoms with van der Waals surface area (Å²) in [6, 6.07) is 10.3. The minimum atomic E-state index is -0.822. The molecule has 8 nitrogen and oxygen atoms in total. The summed E-state index contributed by atoms with van der Waals surface area (Å²) in [5.74, 6) is -1.29. The van der Waals surface area contributed by atoms with Gasteiger partial charge >= 0.3 is 11.6 Å². The first kappa shape index (κ1) is 17.5. The Bertz CT molecular complexity index is 1350. The Balaban J connectivity index is 2.31. The Hall–Kier alpha value is -3.94. The van der Waals surface area contributed by atoms with E-state index in [1.54, 1.807) is 31.2 Å². The van der Waals surface area contributed by atoms with Gasteiger partial charge in [-0.15, -0.1) is 0 Å². The number of carbonyl (C=O) groups excluding carboxylic acids is 1. The second-order valence-electron chi connectivity index (χ2n) is 6.07. The molecule has 8 heteroatoms. The summed E-state index contributed by atoms with van der Waals surface area (Å²) in [7, 11) is 0. The first-order valence-electron chi connectivity index (χ1n) is 8.39. The lowest BCUT2D eigenvalue weighted by atomic mass is 9.96. The van der Waals surface area contributed by atoms with Gasteiger partial charge < -0.3 is 14.3 Å². The summed E-state index contributed by atoms with van der Waals surface area (Å²) in [5, 5.41) is 23.1. The van der Waals surface area contributed by atoms with Crippen LogP contribution in [0.15, 0.2) is 51.7 Å². The second-order valence-corrected chi connectivity index (χ2v) is 6.07. The van der Waals surface area contributed by atoms with Crippen LogP contribution in [0, 0.1) is 10.1 Å². The zero-order chi connectivity index (χ0) is 20.0. The van der Waals surface area contributed by atoms with Gasteiger partial charge in [-0.1, -0.05) is 18.2 Å². The molecule has 0 bridgehead atoms. The quantitative estimate of drug-likeness (QED) is 0.188. The largest absolute Gasteiger partial charge is 0.506 e. The summed E-state index contributed by atoms with van der Waals surface area (Å²) in [5.41, 5.74) is -1.05. The molecule has 0 aliphatic carbocycles. The molecule has 0 fully saturated rings. The fourth-order valence-electron chi connectivity index (χ4n) is 3.33. The van der Waals surface area contributed by atoms with Gasteiger partial charge in [0.1, 0.15) is 16.9 Å². The van der Waals surface area contributed by atoms with E-state index in [0.717, 1.165) is 6.07 Å². The molecule has 1 N–H and O–H groups in total. The van der Waals surface area contributed by atoms with Crippen LogP contribution in [0.2, 0.25) is 0 Å². The molecule has 140 valence electrons. The number of aromatic hydroxyl groups is 1.